The lowest BCUT2D eigenvalue weighted by Gasteiger charge is -2.03. The van der Waals surface area contributed by atoms with Crippen LogP contribution in [0.3, 0.4) is 0 Å². The highest BCUT2D eigenvalue weighted by Gasteiger charge is 2.16. The van der Waals surface area contributed by atoms with Gasteiger partial charge in [0.25, 0.3) is 0 Å². The number of benzene rings is 2. The molecule has 3 heterocycles. The fourth-order valence-electron chi connectivity index (χ4n) is 3.06. The Morgan fingerprint density at radius 2 is 1.67 bits per heavy atom. The number of nitrogens with zero attached hydrogens (tertiary/aromatic N) is 6. The maximum absolute atomic E-state index is 4.85. The molecule has 1 N–H and O–H groups in total. The molecule has 27 heavy (non-hydrogen) atoms. The van der Waals surface area contributed by atoms with Gasteiger partial charge in [0.1, 0.15) is 12.0 Å². The second-order valence-electron chi connectivity index (χ2n) is 6.12. The molecule has 5 rings (SSSR count). The van der Waals surface area contributed by atoms with E-state index < -0.39 is 0 Å². The first-order valence-electron chi connectivity index (χ1n) is 8.57. The minimum Gasteiger partial charge on any atom is -0.257 e. The van der Waals surface area contributed by atoms with Gasteiger partial charge < -0.3 is 0 Å². The molecule has 3 aromatic heterocycles. The average molecular weight is 353 g/mol. The van der Waals surface area contributed by atoms with Crippen molar-refractivity contribution in [1.82, 2.24) is 34.9 Å². The topological polar surface area (TPSA) is 85.2 Å². The Balaban J connectivity index is 1.70. The third kappa shape index (κ3) is 2.85. The van der Waals surface area contributed by atoms with Crippen LogP contribution >= 0.6 is 0 Å². The fraction of sp³-hybridized carbons (Fsp3) is 0.0500. The van der Waals surface area contributed by atoms with E-state index in [0.717, 1.165) is 27.9 Å². The highest BCUT2D eigenvalue weighted by atomic mass is 15.3. The standard InChI is InChI=1S/C20H15N7/c1-3-7-14(8-4-1)12-27-20-16(17(26-27)15-9-5-2-6-10-15)11-21-18(24-20)19-22-13-23-25-19/h1-11,13H,12H2,(H,22,23,25). The molecule has 2 aromatic carbocycles. The van der Waals surface area contributed by atoms with Crippen molar-refractivity contribution in [3.05, 3.63) is 78.8 Å². The predicted molar refractivity (Wildman–Crippen MR) is 102 cm³/mol. The number of hydrogen-bond donors (Lipinski definition) is 1. The van der Waals surface area contributed by atoms with Crippen LogP contribution in [0.5, 0.6) is 0 Å². The molecule has 130 valence electrons. The highest BCUT2D eigenvalue weighted by Crippen LogP contribution is 2.28. The molecule has 0 bridgehead atoms. The smallest absolute Gasteiger partial charge is 0.199 e. The number of rotatable bonds is 4. The lowest BCUT2D eigenvalue weighted by Crippen LogP contribution is -2.03. The second-order valence-corrected chi connectivity index (χ2v) is 6.12. The van der Waals surface area contributed by atoms with Crippen LogP contribution in [0, 0.1) is 0 Å². The highest BCUT2D eigenvalue weighted by molar-refractivity contribution is 5.91. The van der Waals surface area contributed by atoms with Gasteiger partial charge in [-0.3, -0.25) is 5.10 Å². The summed E-state index contributed by atoms with van der Waals surface area (Å²) in [6, 6.07) is 20.3. The first kappa shape index (κ1) is 15.4. The Bertz CT molecular complexity index is 1180. The second kappa shape index (κ2) is 6.45. The van der Waals surface area contributed by atoms with Gasteiger partial charge in [0.15, 0.2) is 17.3 Å². The average Bonchev–Trinajstić information content (AvgIpc) is 3.38. The number of aromatic nitrogens is 7. The van der Waals surface area contributed by atoms with Crippen molar-refractivity contribution in [2.45, 2.75) is 6.54 Å². The van der Waals surface area contributed by atoms with Gasteiger partial charge in [-0.05, 0) is 5.56 Å². The predicted octanol–water partition coefficient (Wildman–Crippen LogP) is 3.33. The van der Waals surface area contributed by atoms with E-state index in [1.807, 2.05) is 53.2 Å². The molecule has 0 saturated carbocycles. The van der Waals surface area contributed by atoms with E-state index in [1.165, 1.54) is 6.33 Å². The lowest BCUT2D eigenvalue weighted by molar-refractivity contribution is 0.706. The minimum atomic E-state index is 0.494. The monoisotopic (exact) mass is 353 g/mol. The number of aromatic amines is 1. The van der Waals surface area contributed by atoms with E-state index in [1.54, 1.807) is 6.20 Å². The van der Waals surface area contributed by atoms with E-state index in [2.05, 4.69) is 32.3 Å². The Hall–Kier alpha value is -3.87. The van der Waals surface area contributed by atoms with Gasteiger partial charge in [0, 0.05) is 11.8 Å². The SMILES string of the molecule is c1ccc(Cn2nc(-c3ccccc3)c3cnc(-c4ncn[nH]4)nc32)cc1. The Morgan fingerprint density at radius 3 is 2.41 bits per heavy atom. The van der Waals surface area contributed by atoms with Gasteiger partial charge in [-0.2, -0.15) is 10.2 Å². The third-order valence-corrected chi connectivity index (χ3v) is 4.34. The molecule has 0 spiro atoms. The third-order valence-electron chi connectivity index (χ3n) is 4.34. The molecule has 0 radical (unpaired) electrons. The molecular weight excluding hydrogens is 338 g/mol. The van der Waals surface area contributed by atoms with Gasteiger partial charge in [-0.15, -0.1) is 0 Å². The van der Waals surface area contributed by atoms with Crippen molar-refractivity contribution in [2.24, 2.45) is 0 Å². The van der Waals surface area contributed by atoms with Gasteiger partial charge in [-0.25, -0.2) is 19.6 Å². The molecule has 5 aromatic rings. The molecule has 0 fully saturated rings. The van der Waals surface area contributed by atoms with Crippen molar-refractivity contribution in [2.75, 3.05) is 0 Å². The molecule has 0 unspecified atom stereocenters. The van der Waals surface area contributed by atoms with E-state index in [0.29, 0.717) is 18.2 Å². The summed E-state index contributed by atoms with van der Waals surface area (Å²) in [7, 11) is 0. The van der Waals surface area contributed by atoms with E-state index >= 15 is 0 Å². The molecule has 7 nitrogen and oxygen atoms in total. The number of H-pyrrole nitrogens is 1. The molecule has 0 aliphatic rings. The Morgan fingerprint density at radius 1 is 0.889 bits per heavy atom. The number of hydrogen-bond acceptors (Lipinski definition) is 5. The zero-order valence-electron chi connectivity index (χ0n) is 14.3. The van der Waals surface area contributed by atoms with Crippen LogP contribution in [0.1, 0.15) is 5.56 Å². The molecule has 0 aliphatic carbocycles. The summed E-state index contributed by atoms with van der Waals surface area (Å²) < 4.78 is 1.91. The van der Waals surface area contributed by atoms with Crippen LogP contribution in [-0.4, -0.2) is 34.9 Å². The number of fused-ring (bicyclic) bond motifs is 1. The molecule has 0 atom stereocenters. The van der Waals surface area contributed by atoms with E-state index in [9.17, 15) is 0 Å². The summed E-state index contributed by atoms with van der Waals surface area (Å²) in [5, 5.41) is 12.4. The van der Waals surface area contributed by atoms with Gasteiger partial charge in [-0.1, -0.05) is 60.7 Å². The van der Waals surface area contributed by atoms with Gasteiger partial charge in [0.2, 0.25) is 0 Å². The van der Waals surface area contributed by atoms with E-state index in [-0.39, 0.29) is 0 Å². The molecule has 0 saturated heterocycles. The van der Waals surface area contributed by atoms with Crippen molar-refractivity contribution in [3.8, 4) is 22.9 Å². The van der Waals surface area contributed by atoms with Crippen LogP contribution in [0.4, 0.5) is 0 Å². The molecule has 0 aliphatic heterocycles. The van der Waals surface area contributed by atoms with Crippen molar-refractivity contribution in [1.29, 1.82) is 0 Å². The summed E-state index contributed by atoms with van der Waals surface area (Å²) in [4.78, 5) is 13.3. The van der Waals surface area contributed by atoms with Crippen LogP contribution in [0.15, 0.2) is 73.2 Å². The van der Waals surface area contributed by atoms with Crippen LogP contribution in [0.25, 0.3) is 33.9 Å². The number of nitrogens with one attached hydrogen (secondary N) is 1. The lowest BCUT2D eigenvalue weighted by atomic mass is 10.1. The molecular formula is C20H15N7. The van der Waals surface area contributed by atoms with Crippen molar-refractivity contribution in [3.63, 3.8) is 0 Å². The van der Waals surface area contributed by atoms with Crippen molar-refractivity contribution >= 4 is 11.0 Å². The first-order chi connectivity index (χ1) is 13.4. The van der Waals surface area contributed by atoms with Crippen LogP contribution < -0.4 is 0 Å². The fourth-order valence-corrected chi connectivity index (χ4v) is 3.06. The van der Waals surface area contributed by atoms with Crippen LogP contribution in [0.2, 0.25) is 0 Å². The van der Waals surface area contributed by atoms with Crippen molar-refractivity contribution < 1.29 is 0 Å². The summed E-state index contributed by atoms with van der Waals surface area (Å²) >= 11 is 0. The summed E-state index contributed by atoms with van der Waals surface area (Å²) in [6.07, 6.45) is 3.25. The molecule has 0 amide bonds. The Labute approximate surface area is 154 Å². The van der Waals surface area contributed by atoms with Crippen LogP contribution in [-0.2, 0) is 6.54 Å². The summed E-state index contributed by atoms with van der Waals surface area (Å²) in [6.45, 7) is 0.622. The van der Waals surface area contributed by atoms with E-state index in [4.69, 9.17) is 10.1 Å². The first-order valence-corrected chi connectivity index (χ1v) is 8.57. The Kier molecular flexibility index (Phi) is 3.68. The summed E-state index contributed by atoms with van der Waals surface area (Å²) in [5.41, 5.74) is 3.82. The maximum atomic E-state index is 4.85. The maximum Gasteiger partial charge on any atom is 0.199 e. The molecule has 7 heteroatoms. The largest absolute Gasteiger partial charge is 0.257 e. The zero-order valence-corrected chi connectivity index (χ0v) is 14.3. The van der Waals surface area contributed by atoms with Gasteiger partial charge in [0.05, 0.1) is 11.9 Å². The quantitative estimate of drug-likeness (QED) is 0.536. The normalized spacial score (nSPS) is 11.1. The van der Waals surface area contributed by atoms with Gasteiger partial charge >= 0.3 is 0 Å². The summed E-state index contributed by atoms with van der Waals surface area (Å²) in [5.74, 6) is 1.03. The minimum absolute atomic E-state index is 0.494. The zero-order chi connectivity index (χ0) is 18.1.